The van der Waals surface area contributed by atoms with Crippen LogP contribution in [-0.4, -0.2) is 55.7 Å². The summed E-state index contributed by atoms with van der Waals surface area (Å²) in [5.74, 6) is -1.60. The van der Waals surface area contributed by atoms with E-state index in [0.717, 1.165) is 69.9 Å². The van der Waals surface area contributed by atoms with Gasteiger partial charge in [-0.3, -0.25) is 9.59 Å². The van der Waals surface area contributed by atoms with Crippen LogP contribution in [0.5, 0.6) is 11.5 Å². The van der Waals surface area contributed by atoms with Gasteiger partial charge < -0.3 is 29.7 Å². The first-order valence-corrected chi connectivity index (χ1v) is 18.7. The molecule has 0 aromatic heterocycles. The van der Waals surface area contributed by atoms with Crippen molar-refractivity contribution in [1.82, 2.24) is 15.5 Å². The highest BCUT2D eigenvalue weighted by atomic mass is 35.5. The number of carbonyl (C=O) groups is 3. The lowest BCUT2D eigenvalue weighted by Crippen LogP contribution is -2.44. The lowest BCUT2D eigenvalue weighted by atomic mass is 10.0. The first kappa shape index (κ1) is 43.0. The Morgan fingerprint density at radius 1 is 0.774 bits per heavy atom. The van der Waals surface area contributed by atoms with Gasteiger partial charge in [-0.15, -0.1) is 0 Å². The van der Waals surface area contributed by atoms with E-state index in [2.05, 4.69) is 10.6 Å². The molecule has 0 spiro atoms. The Labute approximate surface area is 317 Å². The van der Waals surface area contributed by atoms with Crippen molar-refractivity contribution in [3.8, 4) is 11.5 Å². The maximum atomic E-state index is 15.7. The summed E-state index contributed by atoms with van der Waals surface area (Å²) in [6.45, 7) is 6.33. The molecule has 3 aromatic rings. The number of methoxy groups -OCH3 is 2. The normalized spacial score (nSPS) is 11.8. The zero-order chi connectivity index (χ0) is 38.8. The largest absolute Gasteiger partial charge is 0.497 e. The van der Waals surface area contributed by atoms with Crippen LogP contribution in [0.2, 0.25) is 5.02 Å². The number of carbonyl (C=O) groups excluding carboxylic acids is 3. The molecule has 0 heterocycles. The molecule has 12 heteroatoms. The fourth-order valence-corrected chi connectivity index (χ4v) is 6.05. The van der Waals surface area contributed by atoms with Gasteiger partial charge in [0, 0.05) is 35.8 Å². The Bertz CT molecular complexity index is 1620. The van der Waals surface area contributed by atoms with Crippen molar-refractivity contribution in [3.05, 3.63) is 94.0 Å². The summed E-state index contributed by atoms with van der Waals surface area (Å²) in [7, 11) is 2.99. The molecule has 2 N–H and O–H groups in total. The second kappa shape index (κ2) is 22.0. The van der Waals surface area contributed by atoms with Gasteiger partial charge in [0.1, 0.15) is 34.8 Å². The first-order valence-electron chi connectivity index (χ1n) is 18.3. The topological polar surface area (TPSA) is 106 Å². The van der Waals surface area contributed by atoms with Gasteiger partial charge in [-0.05, 0) is 76.1 Å². The number of rotatable bonds is 21. The van der Waals surface area contributed by atoms with Gasteiger partial charge in [-0.1, -0.05) is 75.1 Å². The zero-order valence-corrected chi connectivity index (χ0v) is 32.3. The third-order valence-electron chi connectivity index (χ3n) is 8.59. The highest BCUT2D eigenvalue weighted by molar-refractivity contribution is 6.30. The summed E-state index contributed by atoms with van der Waals surface area (Å²) in [6, 6.07) is 12.9. The van der Waals surface area contributed by atoms with Crippen molar-refractivity contribution < 1.29 is 37.4 Å². The molecule has 0 aliphatic carbocycles. The summed E-state index contributed by atoms with van der Waals surface area (Å²) >= 11 is 6.18. The molecule has 0 saturated carbocycles. The monoisotopic (exact) mass is 757 g/mol. The number of unbranched alkanes of at least 4 members (excludes halogenated alkanes) is 9. The fourth-order valence-electron chi connectivity index (χ4n) is 5.86. The molecule has 3 amide bonds. The Morgan fingerprint density at radius 2 is 1.36 bits per heavy atom. The fraction of sp³-hybridized carbons (Fsp3) is 0.488. The molecule has 0 bridgehead atoms. The molecule has 0 saturated heterocycles. The van der Waals surface area contributed by atoms with Gasteiger partial charge in [0.2, 0.25) is 5.91 Å². The van der Waals surface area contributed by atoms with E-state index in [-0.39, 0.29) is 28.8 Å². The number of benzene rings is 3. The molecule has 9 nitrogen and oxygen atoms in total. The molecule has 1 atom stereocenters. The minimum Gasteiger partial charge on any atom is -0.497 e. The number of hydrogen-bond acceptors (Lipinski definition) is 6. The summed E-state index contributed by atoms with van der Waals surface area (Å²) in [6.07, 6.45) is 9.79. The predicted octanol–water partition coefficient (Wildman–Crippen LogP) is 9.56. The summed E-state index contributed by atoms with van der Waals surface area (Å²) in [4.78, 5) is 41.1. The van der Waals surface area contributed by atoms with E-state index in [1.165, 1.54) is 49.5 Å². The quantitative estimate of drug-likeness (QED) is 0.105. The van der Waals surface area contributed by atoms with E-state index in [9.17, 15) is 18.8 Å². The highest BCUT2D eigenvalue weighted by Crippen LogP contribution is 2.33. The van der Waals surface area contributed by atoms with Crippen molar-refractivity contribution in [2.45, 2.75) is 103 Å². The molecule has 290 valence electrons. The van der Waals surface area contributed by atoms with Crippen LogP contribution >= 0.6 is 11.6 Å². The molecule has 0 fully saturated rings. The number of amides is 3. The minimum absolute atomic E-state index is 0.0720. The van der Waals surface area contributed by atoms with Gasteiger partial charge in [0.15, 0.2) is 0 Å². The Morgan fingerprint density at radius 3 is 1.92 bits per heavy atom. The van der Waals surface area contributed by atoms with Gasteiger partial charge >= 0.3 is 6.09 Å². The molecule has 1 unspecified atom stereocenters. The minimum atomic E-state index is -1.41. The smallest absolute Gasteiger partial charge is 0.407 e. The standard InChI is InChI=1S/C41H54ClF2N3O6/c1-41(2,3)53-40(50)46-26-15-13-11-9-7-6-8-10-12-14-25-45-38(48)37(33-17-16-18-34(42)36(33)44)47(39(49)29-19-22-31(43)23-20-29)28-30-21-24-32(51-4)27-35(30)52-5/h16-24,27,37H,6-15,25-26,28H2,1-5H3,(H,45,48)(H,46,50). The molecular weight excluding hydrogens is 704 g/mol. The van der Waals surface area contributed by atoms with Gasteiger partial charge in [-0.2, -0.15) is 0 Å². The van der Waals surface area contributed by atoms with Crippen molar-refractivity contribution in [2.75, 3.05) is 27.3 Å². The number of halogens is 3. The molecule has 0 aliphatic heterocycles. The van der Waals surface area contributed by atoms with E-state index in [1.807, 2.05) is 20.8 Å². The van der Waals surface area contributed by atoms with Gasteiger partial charge in [-0.25, -0.2) is 13.6 Å². The second-order valence-corrected chi connectivity index (χ2v) is 14.3. The molecule has 0 aliphatic rings. The van der Waals surface area contributed by atoms with Gasteiger partial charge in [0.05, 0.1) is 25.8 Å². The van der Waals surface area contributed by atoms with Crippen LogP contribution in [0, 0.1) is 11.6 Å². The summed E-state index contributed by atoms with van der Waals surface area (Å²) in [5.41, 5.74) is 0.0930. The maximum Gasteiger partial charge on any atom is 0.407 e. The van der Waals surface area contributed by atoms with Crippen molar-refractivity contribution in [3.63, 3.8) is 0 Å². The lowest BCUT2D eigenvalue weighted by molar-refractivity contribution is -0.126. The molecule has 53 heavy (non-hydrogen) atoms. The van der Waals surface area contributed by atoms with Crippen LogP contribution in [0.3, 0.4) is 0 Å². The molecule has 0 radical (unpaired) electrons. The van der Waals surface area contributed by atoms with Crippen LogP contribution in [0.4, 0.5) is 13.6 Å². The van der Waals surface area contributed by atoms with Crippen LogP contribution in [0.25, 0.3) is 0 Å². The van der Waals surface area contributed by atoms with Gasteiger partial charge in [0.25, 0.3) is 5.91 Å². The van der Waals surface area contributed by atoms with Crippen molar-refractivity contribution in [1.29, 1.82) is 0 Å². The van der Waals surface area contributed by atoms with E-state index in [4.69, 9.17) is 25.8 Å². The lowest BCUT2D eigenvalue weighted by Gasteiger charge is -2.32. The van der Waals surface area contributed by atoms with E-state index in [0.29, 0.717) is 36.6 Å². The van der Waals surface area contributed by atoms with E-state index < -0.39 is 35.1 Å². The Hall–Kier alpha value is -4.38. The van der Waals surface area contributed by atoms with Crippen LogP contribution in [-0.2, 0) is 16.1 Å². The average molecular weight is 758 g/mol. The maximum absolute atomic E-state index is 15.7. The number of nitrogens with zero attached hydrogens (tertiary/aromatic N) is 1. The Kier molecular flexibility index (Phi) is 17.8. The van der Waals surface area contributed by atoms with Crippen LogP contribution < -0.4 is 20.1 Å². The molecule has 3 rings (SSSR count). The summed E-state index contributed by atoms with van der Waals surface area (Å²) < 4.78 is 45.7. The van der Waals surface area contributed by atoms with Crippen molar-refractivity contribution in [2.24, 2.45) is 0 Å². The van der Waals surface area contributed by atoms with Crippen LogP contribution in [0.15, 0.2) is 60.7 Å². The first-order chi connectivity index (χ1) is 25.3. The highest BCUT2D eigenvalue weighted by Gasteiger charge is 2.35. The number of ether oxygens (including phenoxy) is 3. The summed E-state index contributed by atoms with van der Waals surface area (Å²) in [5, 5.41) is 5.52. The van der Waals surface area contributed by atoms with E-state index >= 15 is 4.39 Å². The van der Waals surface area contributed by atoms with E-state index in [1.54, 1.807) is 18.2 Å². The Balaban J connectivity index is 1.59. The zero-order valence-electron chi connectivity index (χ0n) is 31.6. The predicted molar refractivity (Wildman–Crippen MR) is 203 cm³/mol. The molecular formula is C41H54ClF2N3O6. The SMILES string of the molecule is COc1ccc(CN(C(=O)c2ccc(F)cc2)C(C(=O)NCCCCCCCCCCCCNC(=O)OC(C)(C)C)c2cccc(Cl)c2F)c(OC)c1. The third-order valence-corrected chi connectivity index (χ3v) is 8.89. The number of alkyl carbamates (subject to hydrolysis) is 1. The number of nitrogens with one attached hydrogen (secondary N) is 2. The van der Waals surface area contributed by atoms with Crippen LogP contribution in [0.1, 0.15) is 113 Å². The third kappa shape index (κ3) is 14.5. The van der Waals surface area contributed by atoms with Crippen molar-refractivity contribution >= 4 is 29.5 Å². The number of hydrogen-bond donors (Lipinski definition) is 2. The second-order valence-electron chi connectivity index (χ2n) is 13.9. The molecule has 3 aromatic carbocycles. The average Bonchev–Trinajstić information content (AvgIpc) is 3.12.